The second-order valence-corrected chi connectivity index (χ2v) is 4.42. The van der Waals surface area contributed by atoms with Gasteiger partial charge < -0.3 is 5.32 Å². The molecule has 19 heavy (non-hydrogen) atoms. The van der Waals surface area contributed by atoms with Crippen molar-refractivity contribution in [1.29, 1.82) is 0 Å². The summed E-state index contributed by atoms with van der Waals surface area (Å²) in [5, 5.41) is 2.38. The smallest absolute Gasteiger partial charge is 0.271 e. The highest BCUT2D eigenvalue weighted by atomic mass is 35.5. The van der Waals surface area contributed by atoms with Crippen LogP contribution >= 0.6 is 11.6 Å². The molecule has 2 rings (SSSR count). The first-order chi connectivity index (χ1) is 9.04. The minimum absolute atomic E-state index is 0.0215. The van der Waals surface area contributed by atoms with Gasteiger partial charge in [0.15, 0.2) is 11.6 Å². The molecule has 1 aliphatic rings. The van der Waals surface area contributed by atoms with E-state index in [9.17, 15) is 18.4 Å². The zero-order chi connectivity index (χ0) is 14.0. The van der Waals surface area contributed by atoms with Crippen LogP contribution in [0, 0.1) is 11.6 Å². The van der Waals surface area contributed by atoms with Crippen LogP contribution in [0.3, 0.4) is 0 Å². The summed E-state index contributed by atoms with van der Waals surface area (Å²) in [6.07, 6.45) is 1.97. The molecular formula is C11H10ClF2N3O2. The van der Waals surface area contributed by atoms with Gasteiger partial charge in [-0.05, 0) is 18.9 Å². The van der Waals surface area contributed by atoms with Crippen LogP contribution in [0.15, 0.2) is 6.07 Å². The molecule has 0 aromatic heterocycles. The molecule has 0 atom stereocenters. The van der Waals surface area contributed by atoms with Crippen molar-refractivity contribution in [3.05, 3.63) is 28.3 Å². The van der Waals surface area contributed by atoms with E-state index >= 15 is 0 Å². The fourth-order valence-electron chi connectivity index (χ4n) is 1.51. The Kier molecular flexibility index (Phi) is 3.84. The Labute approximate surface area is 112 Å². The minimum Gasteiger partial charge on any atom is -0.380 e. The SMILES string of the molecule is O=CNNC(=O)c1cc(F)c(F)c(Cl)c1NC1CC1. The molecule has 1 aromatic rings. The van der Waals surface area contributed by atoms with Gasteiger partial charge in [-0.3, -0.25) is 20.4 Å². The summed E-state index contributed by atoms with van der Waals surface area (Å²) in [4.78, 5) is 21.8. The molecule has 0 radical (unpaired) electrons. The van der Waals surface area contributed by atoms with Crippen LogP contribution < -0.4 is 16.2 Å². The maximum atomic E-state index is 13.4. The number of carbonyl (C=O) groups is 2. The predicted octanol–water partition coefficient (Wildman–Crippen LogP) is 1.58. The fourth-order valence-corrected chi connectivity index (χ4v) is 1.76. The average Bonchev–Trinajstić information content (AvgIpc) is 3.20. The Morgan fingerprint density at radius 2 is 2.11 bits per heavy atom. The molecule has 102 valence electrons. The summed E-state index contributed by atoms with van der Waals surface area (Å²) >= 11 is 5.71. The molecule has 0 heterocycles. The quantitative estimate of drug-likeness (QED) is 0.438. The third-order valence-corrected chi connectivity index (χ3v) is 2.93. The maximum Gasteiger partial charge on any atom is 0.271 e. The van der Waals surface area contributed by atoms with E-state index in [0.29, 0.717) is 0 Å². The summed E-state index contributed by atoms with van der Waals surface area (Å²) in [6, 6.07) is 0.821. The van der Waals surface area contributed by atoms with Crippen LogP contribution in [0.1, 0.15) is 23.2 Å². The van der Waals surface area contributed by atoms with E-state index in [2.05, 4.69) is 5.32 Å². The van der Waals surface area contributed by atoms with Crippen LogP contribution in [0.25, 0.3) is 0 Å². The van der Waals surface area contributed by atoms with E-state index in [1.807, 2.05) is 10.9 Å². The van der Waals surface area contributed by atoms with Crippen LogP contribution in [0.2, 0.25) is 5.02 Å². The molecule has 3 N–H and O–H groups in total. The van der Waals surface area contributed by atoms with Gasteiger partial charge in [0.2, 0.25) is 6.41 Å². The second kappa shape index (κ2) is 5.40. The standard InChI is InChI=1S/C11H10ClF2N3O2/c12-8-9(14)7(13)3-6(11(19)17-15-4-18)10(8)16-5-1-2-5/h3-5,16H,1-2H2,(H,15,18)(H,17,19). The molecule has 1 aromatic carbocycles. The lowest BCUT2D eigenvalue weighted by atomic mass is 10.1. The van der Waals surface area contributed by atoms with E-state index < -0.39 is 22.6 Å². The first-order valence-corrected chi connectivity index (χ1v) is 5.86. The molecule has 5 nitrogen and oxygen atoms in total. The summed E-state index contributed by atoms with van der Waals surface area (Å²) in [5.74, 6) is -3.25. The molecule has 0 unspecified atom stereocenters. The van der Waals surface area contributed by atoms with Gasteiger partial charge >= 0.3 is 0 Å². The zero-order valence-electron chi connectivity index (χ0n) is 9.60. The number of carbonyl (C=O) groups excluding carboxylic acids is 2. The third kappa shape index (κ3) is 2.93. The molecule has 1 saturated carbocycles. The van der Waals surface area contributed by atoms with Crippen molar-refractivity contribution < 1.29 is 18.4 Å². The summed E-state index contributed by atoms with van der Waals surface area (Å²) in [6.45, 7) is 0. The van der Waals surface area contributed by atoms with E-state index in [1.165, 1.54) is 0 Å². The molecule has 0 spiro atoms. The fraction of sp³-hybridized carbons (Fsp3) is 0.273. The first-order valence-electron chi connectivity index (χ1n) is 5.48. The van der Waals surface area contributed by atoms with Gasteiger partial charge in [0.1, 0.15) is 5.02 Å². The van der Waals surface area contributed by atoms with Gasteiger partial charge in [-0.2, -0.15) is 0 Å². The van der Waals surface area contributed by atoms with Crippen LogP contribution in [-0.2, 0) is 4.79 Å². The number of hydrazine groups is 1. The molecule has 1 aliphatic carbocycles. The number of rotatable bonds is 5. The molecular weight excluding hydrogens is 280 g/mol. The second-order valence-electron chi connectivity index (χ2n) is 4.04. The topological polar surface area (TPSA) is 70.2 Å². The van der Waals surface area contributed by atoms with Crippen molar-refractivity contribution in [2.24, 2.45) is 0 Å². The number of amides is 2. The lowest BCUT2D eigenvalue weighted by Crippen LogP contribution is -2.36. The first kappa shape index (κ1) is 13.5. The van der Waals surface area contributed by atoms with Gasteiger partial charge in [0.25, 0.3) is 5.91 Å². The summed E-state index contributed by atoms with van der Waals surface area (Å²) in [7, 11) is 0. The van der Waals surface area contributed by atoms with Crippen molar-refractivity contribution in [2.75, 3.05) is 5.32 Å². The Morgan fingerprint density at radius 1 is 1.42 bits per heavy atom. The van der Waals surface area contributed by atoms with Gasteiger partial charge in [0, 0.05) is 6.04 Å². The van der Waals surface area contributed by atoms with Crippen molar-refractivity contribution in [2.45, 2.75) is 18.9 Å². The van der Waals surface area contributed by atoms with E-state index in [1.54, 1.807) is 0 Å². The number of nitrogens with one attached hydrogen (secondary N) is 3. The summed E-state index contributed by atoms with van der Waals surface area (Å²) < 4.78 is 26.7. The number of halogens is 3. The lowest BCUT2D eigenvalue weighted by Gasteiger charge is -2.14. The normalized spacial score (nSPS) is 13.8. The van der Waals surface area contributed by atoms with Crippen molar-refractivity contribution in [3.8, 4) is 0 Å². The Balaban J connectivity index is 2.38. The third-order valence-electron chi connectivity index (χ3n) is 2.58. The van der Waals surface area contributed by atoms with Gasteiger partial charge in [-0.25, -0.2) is 8.78 Å². The number of benzene rings is 1. The molecule has 0 bridgehead atoms. The van der Waals surface area contributed by atoms with Gasteiger partial charge in [-0.15, -0.1) is 0 Å². The Hall–Kier alpha value is -1.89. The average molecular weight is 290 g/mol. The molecule has 1 fully saturated rings. The Bertz CT molecular complexity index is 535. The molecule has 0 saturated heterocycles. The van der Waals surface area contributed by atoms with Crippen LogP contribution in [-0.4, -0.2) is 18.4 Å². The maximum absolute atomic E-state index is 13.4. The van der Waals surface area contributed by atoms with Crippen LogP contribution in [0.4, 0.5) is 14.5 Å². The monoisotopic (exact) mass is 289 g/mol. The molecule has 8 heteroatoms. The highest BCUT2D eigenvalue weighted by molar-refractivity contribution is 6.34. The van der Waals surface area contributed by atoms with Crippen LogP contribution in [0.5, 0.6) is 0 Å². The zero-order valence-corrected chi connectivity index (χ0v) is 10.4. The van der Waals surface area contributed by atoms with E-state index in [0.717, 1.165) is 18.9 Å². The van der Waals surface area contributed by atoms with Crippen molar-refractivity contribution in [1.82, 2.24) is 10.9 Å². The highest BCUT2D eigenvalue weighted by Crippen LogP contribution is 2.35. The van der Waals surface area contributed by atoms with Crippen molar-refractivity contribution in [3.63, 3.8) is 0 Å². The molecule has 2 amide bonds. The van der Waals surface area contributed by atoms with Gasteiger partial charge in [0.05, 0.1) is 11.3 Å². The summed E-state index contributed by atoms with van der Waals surface area (Å²) in [5.41, 5.74) is 3.79. The van der Waals surface area contributed by atoms with E-state index in [4.69, 9.17) is 11.6 Å². The number of anilines is 1. The highest BCUT2D eigenvalue weighted by Gasteiger charge is 2.27. The largest absolute Gasteiger partial charge is 0.380 e. The number of hydrogen-bond donors (Lipinski definition) is 3. The van der Waals surface area contributed by atoms with E-state index in [-0.39, 0.29) is 23.7 Å². The van der Waals surface area contributed by atoms with Gasteiger partial charge in [-0.1, -0.05) is 11.6 Å². The van der Waals surface area contributed by atoms with Crippen molar-refractivity contribution >= 4 is 29.6 Å². The Morgan fingerprint density at radius 3 is 2.68 bits per heavy atom. The molecule has 0 aliphatic heterocycles. The predicted molar refractivity (Wildman–Crippen MR) is 64.7 cm³/mol. The number of hydrogen-bond acceptors (Lipinski definition) is 3. The lowest BCUT2D eigenvalue weighted by molar-refractivity contribution is -0.110. The minimum atomic E-state index is -1.23.